The van der Waals surface area contributed by atoms with E-state index in [0.29, 0.717) is 6.61 Å². The number of nitrogens with zero attached hydrogens (tertiary/aromatic N) is 1. The third kappa shape index (κ3) is 3.78. The molecule has 1 aliphatic heterocycles. The van der Waals surface area contributed by atoms with E-state index in [-0.39, 0.29) is 18.1 Å². The molecule has 19 heavy (non-hydrogen) atoms. The second-order valence-electron chi connectivity index (χ2n) is 6.33. The molecule has 3 nitrogen and oxygen atoms in total. The lowest BCUT2D eigenvalue weighted by Gasteiger charge is -2.34. The summed E-state index contributed by atoms with van der Waals surface area (Å²) in [5, 5.41) is 9.37. The van der Waals surface area contributed by atoms with Crippen molar-refractivity contribution >= 4 is 0 Å². The van der Waals surface area contributed by atoms with Gasteiger partial charge in [-0.25, -0.2) is 0 Å². The molecule has 2 rings (SSSR count). The quantitative estimate of drug-likeness (QED) is 0.907. The Morgan fingerprint density at radius 1 is 1.26 bits per heavy atom. The Morgan fingerprint density at radius 3 is 2.53 bits per heavy atom. The van der Waals surface area contributed by atoms with Crippen molar-refractivity contribution in [1.82, 2.24) is 4.90 Å². The van der Waals surface area contributed by atoms with Gasteiger partial charge in [0.25, 0.3) is 0 Å². The fraction of sp³-hybridized carbons (Fsp3) is 0.625. The van der Waals surface area contributed by atoms with Crippen LogP contribution in [0.5, 0.6) is 0 Å². The average Bonchev–Trinajstić information content (AvgIpc) is 2.39. The summed E-state index contributed by atoms with van der Waals surface area (Å²) in [5.74, 6) is 0. The van der Waals surface area contributed by atoms with Gasteiger partial charge in [0.2, 0.25) is 0 Å². The van der Waals surface area contributed by atoms with Crippen molar-refractivity contribution < 1.29 is 9.84 Å². The number of benzene rings is 1. The highest BCUT2D eigenvalue weighted by Crippen LogP contribution is 2.23. The second kappa shape index (κ2) is 6.04. The molecule has 1 aromatic rings. The van der Waals surface area contributed by atoms with Gasteiger partial charge in [-0.3, -0.25) is 4.90 Å². The first kappa shape index (κ1) is 14.5. The van der Waals surface area contributed by atoms with Gasteiger partial charge in [0.05, 0.1) is 25.9 Å². The van der Waals surface area contributed by atoms with E-state index in [4.69, 9.17) is 4.74 Å². The number of aliphatic hydroxyl groups excluding tert-OH is 1. The molecular formula is C16H25NO2. The highest BCUT2D eigenvalue weighted by Gasteiger charge is 2.22. The molecule has 1 fully saturated rings. The van der Waals surface area contributed by atoms with Gasteiger partial charge in [-0.05, 0) is 16.5 Å². The Balaban J connectivity index is 2.02. The number of ether oxygens (including phenoxy) is 1. The molecule has 0 radical (unpaired) electrons. The highest BCUT2D eigenvalue weighted by molar-refractivity contribution is 5.27. The van der Waals surface area contributed by atoms with E-state index in [1.165, 1.54) is 11.1 Å². The maximum absolute atomic E-state index is 9.37. The zero-order valence-electron chi connectivity index (χ0n) is 12.2. The minimum Gasteiger partial charge on any atom is -0.395 e. The number of hydrogen-bond acceptors (Lipinski definition) is 3. The summed E-state index contributed by atoms with van der Waals surface area (Å²) in [6, 6.07) is 8.96. The molecule has 1 atom stereocenters. The van der Waals surface area contributed by atoms with Gasteiger partial charge < -0.3 is 9.84 Å². The summed E-state index contributed by atoms with van der Waals surface area (Å²) in [6.07, 6.45) is 0. The SMILES string of the molecule is CC(C)(C)c1ccc(CN2CCOCC2CO)cc1. The fourth-order valence-electron chi connectivity index (χ4n) is 2.41. The standard InChI is InChI=1S/C16H25NO2/c1-16(2,3)14-6-4-13(5-7-14)10-17-8-9-19-12-15(17)11-18/h4-7,15,18H,8-12H2,1-3H3. The molecular weight excluding hydrogens is 238 g/mol. The van der Waals surface area contributed by atoms with E-state index in [1.54, 1.807) is 0 Å². The minimum absolute atomic E-state index is 0.135. The van der Waals surface area contributed by atoms with Gasteiger partial charge in [-0.1, -0.05) is 45.0 Å². The Bertz CT molecular complexity index is 394. The molecule has 0 aromatic heterocycles. The molecule has 1 heterocycles. The van der Waals surface area contributed by atoms with Crippen LogP contribution in [-0.4, -0.2) is 42.4 Å². The number of hydrogen-bond donors (Lipinski definition) is 1. The number of aliphatic hydroxyl groups is 1. The van der Waals surface area contributed by atoms with Gasteiger partial charge >= 0.3 is 0 Å². The Morgan fingerprint density at radius 2 is 1.95 bits per heavy atom. The van der Waals surface area contributed by atoms with E-state index in [1.807, 2.05) is 0 Å². The lowest BCUT2D eigenvalue weighted by Crippen LogP contribution is -2.46. The van der Waals surface area contributed by atoms with Gasteiger partial charge in [0.1, 0.15) is 0 Å². The number of morpholine rings is 1. The normalized spacial score (nSPS) is 21.6. The average molecular weight is 263 g/mol. The van der Waals surface area contributed by atoms with E-state index in [0.717, 1.165) is 19.7 Å². The van der Waals surface area contributed by atoms with E-state index in [2.05, 4.69) is 49.9 Å². The first-order chi connectivity index (χ1) is 9.00. The zero-order valence-corrected chi connectivity index (χ0v) is 12.2. The van der Waals surface area contributed by atoms with Gasteiger partial charge in [0, 0.05) is 13.1 Å². The monoisotopic (exact) mass is 263 g/mol. The summed E-state index contributed by atoms with van der Waals surface area (Å²) >= 11 is 0. The van der Waals surface area contributed by atoms with Crippen molar-refractivity contribution in [2.24, 2.45) is 0 Å². The number of rotatable bonds is 3. The maximum Gasteiger partial charge on any atom is 0.0644 e. The van der Waals surface area contributed by atoms with Crippen LogP contribution in [0.1, 0.15) is 31.9 Å². The maximum atomic E-state index is 9.37. The summed E-state index contributed by atoms with van der Waals surface area (Å²) in [5.41, 5.74) is 2.86. The van der Waals surface area contributed by atoms with Crippen molar-refractivity contribution in [3.05, 3.63) is 35.4 Å². The molecule has 1 N–H and O–H groups in total. The molecule has 0 amide bonds. The van der Waals surface area contributed by atoms with Crippen LogP contribution in [0.4, 0.5) is 0 Å². The van der Waals surface area contributed by atoms with Crippen molar-refractivity contribution in [2.75, 3.05) is 26.4 Å². The second-order valence-corrected chi connectivity index (χ2v) is 6.33. The van der Waals surface area contributed by atoms with Crippen molar-refractivity contribution in [2.45, 2.75) is 38.8 Å². The third-order valence-electron chi connectivity index (χ3n) is 3.77. The first-order valence-corrected chi connectivity index (χ1v) is 7.03. The first-order valence-electron chi connectivity index (χ1n) is 7.03. The molecule has 0 bridgehead atoms. The minimum atomic E-state index is 0.135. The molecule has 0 saturated carbocycles. The van der Waals surface area contributed by atoms with E-state index in [9.17, 15) is 5.11 Å². The van der Waals surface area contributed by atoms with Crippen molar-refractivity contribution in [1.29, 1.82) is 0 Å². The van der Waals surface area contributed by atoms with E-state index < -0.39 is 0 Å². The van der Waals surface area contributed by atoms with Crippen LogP contribution in [-0.2, 0) is 16.7 Å². The highest BCUT2D eigenvalue weighted by atomic mass is 16.5. The van der Waals surface area contributed by atoms with Crippen LogP contribution in [0.3, 0.4) is 0 Å². The van der Waals surface area contributed by atoms with E-state index >= 15 is 0 Å². The lowest BCUT2D eigenvalue weighted by molar-refractivity contribution is -0.0312. The predicted molar refractivity (Wildman–Crippen MR) is 77.2 cm³/mol. The van der Waals surface area contributed by atoms with Crippen LogP contribution in [0.2, 0.25) is 0 Å². The van der Waals surface area contributed by atoms with Gasteiger partial charge in [-0.15, -0.1) is 0 Å². The smallest absolute Gasteiger partial charge is 0.0644 e. The lowest BCUT2D eigenvalue weighted by atomic mass is 9.87. The third-order valence-corrected chi connectivity index (χ3v) is 3.77. The summed E-state index contributed by atoms with van der Waals surface area (Å²) in [7, 11) is 0. The summed E-state index contributed by atoms with van der Waals surface area (Å²) in [6.45, 7) is 10.0. The molecule has 1 saturated heterocycles. The van der Waals surface area contributed by atoms with Gasteiger partial charge in [0.15, 0.2) is 0 Å². The van der Waals surface area contributed by atoms with Crippen LogP contribution in [0.25, 0.3) is 0 Å². The topological polar surface area (TPSA) is 32.7 Å². The largest absolute Gasteiger partial charge is 0.395 e. The summed E-state index contributed by atoms with van der Waals surface area (Å²) < 4.78 is 5.40. The van der Waals surface area contributed by atoms with Crippen LogP contribution in [0, 0.1) is 0 Å². The summed E-state index contributed by atoms with van der Waals surface area (Å²) in [4.78, 5) is 2.30. The Kier molecular flexibility index (Phi) is 4.61. The Hall–Kier alpha value is -0.900. The predicted octanol–water partition coefficient (Wildman–Crippen LogP) is 2.18. The van der Waals surface area contributed by atoms with Gasteiger partial charge in [-0.2, -0.15) is 0 Å². The van der Waals surface area contributed by atoms with Crippen LogP contribution >= 0.6 is 0 Å². The molecule has 1 aromatic carbocycles. The zero-order chi connectivity index (χ0) is 13.9. The molecule has 106 valence electrons. The Labute approximate surface area is 116 Å². The molecule has 0 spiro atoms. The molecule has 0 aliphatic carbocycles. The van der Waals surface area contributed by atoms with Crippen molar-refractivity contribution in [3.63, 3.8) is 0 Å². The van der Waals surface area contributed by atoms with Crippen LogP contribution in [0.15, 0.2) is 24.3 Å². The molecule has 1 unspecified atom stereocenters. The fourth-order valence-corrected chi connectivity index (χ4v) is 2.41. The molecule has 3 heteroatoms. The molecule has 1 aliphatic rings. The van der Waals surface area contributed by atoms with Crippen molar-refractivity contribution in [3.8, 4) is 0 Å². The van der Waals surface area contributed by atoms with Crippen LogP contribution < -0.4 is 0 Å².